The molecular weight excluding hydrogens is 703 g/mol. The predicted octanol–water partition coefficient (Wildman–Crippen LogP) is 6.64. The molecule has 288 valence electrons. The van der Waals surface area contributed by atoms with Crippen LogP contribution in [0.4, 0.5) is 11.4 Å². The van der Waals surface area contributed by atoms with E-state index in [2.05, 4.69) is 75.9 Å². The fourth-order valence-electron chi connectivity index (χ4n) is 8.91. The number of phenols is 1. The Balaban J connectivity index is 0.867. The van der Waals surface area contributed by atoms with Gasteiger partial charge in [0.05, 0.1) is 11.1 Å². The number of hydrogen-bond acceptors (Lipinski definition) is 8. The molecule has 10 nitrogen and oxygen atoms in total. The average molecular weight is 752 g/mol. The summed E-state index contributed by atoms with van der Waals surface area (Å²) in [6.07, 6.45) is 5.46. The molecule has 4 aliphatic rings. The predicted molar refractivity (Wildman–Crippen MR) is 218 cm³/mol. The number of hydrogen-bond donors (Lipinski definition) is 3. The fourth-order valence-corrected chi connectivity index (χ4v) is 8.91. The van der Waals surface area contributed by atoms with E-state index in [1.807, 2.05) is 24.3 Å². The minimum atomic E-state index is -0.966. The van der Waals surface area contributed by atoms with Crippen LogP contribution in [0.5, 0.6) is 5.75 Å². The Morgan fingerprint density at radius 1 is 0.732 bits per heavy atom. The summed E-state index contributed by atoms with van der Waals surface area (Å²) in [7, 11) is 0. The Morgan fingerprint density at radius 3 is 2.11 bits per heavy atom. The molecule has 4 aliphatic heterocycles. The first kappa shape index (κ1) is 37.2. The summed E-state index contributed by atoms with van der Waals surface area (Å²) < 4.78 is 0. The van der Waals surface area contributed by atoms with Gasteiger partial charge < -0.3 is 20.2 Å². The number of benzene rings is 4. The Bertz CT molecular complexity index is 2140. The van der Waals surface area contributed by atoms with E-state index in [0.717, 1.165) is 86.5 Å². The number of nitrogens with zero attached hydrogens (tertiary/aromatic N) is 3. The van der Waals surface area contributed by atoms with E-state index in [9.17, 15) is 24.3 Å². The first-order chi connectivity index (χ1) is 27.3. The monoisotopic (exact) mass is 751 g/mol. The molecule has 4 amide bonds. The number of anilines is 2. The van der Waals surface area contributed by atoms with Crippen molar-refractivity contribution in [2.45, 2.75) is 64.0 Å². The Hall–Kier alpha value is -5.74. The smallest absolute Gasteiger partial charge is 0.262 e. The maximum Gasteiger partial charge on any atom is 0.262 e. The molecule has 56 heavy (non-hydrogen) atoms. The summed E-state index contributed by atoms with van der Waals surface area (Å²) >= 11 is 0. The third-order valence-corrected chi connectivity index (χ3v) is 12.0. The van der Waals surface area contributed by atoms with Crippen LogP contribution >= 0.6 is 0 Å². The van der Waals surface area contributed by atoms with Gasteiger partial charge in [-0.1, -0.05) is 61.5 Å². The van der Waals surface area contributed by atoms with Gasteiger partial charge in [0, 0.05) is 50.0 Å². The molecule has 4 aromatic carbocycles. The number of fused-ring (bicyclic) bond motifs is 1. The van der Waals surface area contributed by atoms with Crippen molar-refractivity contribution in [2.24, 2.45) is 5.92 Å². The van der Waals surface area contributed by atoms with Crippen LogP contribution in [-0.2, 0) is 9.59 Å². The number of imide groups is 2. The molecule has 4 aromatic rings. The molecular formula is C46H49N5O5. The Kier molecular flexibility index (Phi) is 10.7. The first-order valence-electron chi connectivity index (χ1n) is 20.0. The van der Waals surface area contributed by atoms with Gasteiger partial charge in [-0.25, -0.2) is 0 Å². The third kappa shape index (κ3) is 7.58. The van der Waals surface area contributed by atoms with Crippen molar-refractivity contribution in [3.8, 4) is 5.75 Å². The van der Waals surface area contributed by atoms with Crippen LogP contribution in [0.2, 0.25) is 0 Å². The zero-order chi connectivity index (χ0) is 38.8. The van der Waals surface area contributed by atoms with Crippen LogP contribution in [0.1, 0.15) is 89.3 Å². The van der Waals surface area contributed by atoms with Crippen molar-refractivity contribution >= 4 is 46.1 Å². The highest BCUT2D eigenvalue weighted by Gasteiger charge is 2.45. The third-order valence-electron chi connectivity index (χ3n) is 12.0. The quantitative estimate of drug-likeness (QED) is 0.122. The summed E-state index contributed by atoms with van der Waals surface area (Å²) in [6.45, 7) is 6.85. The largest absolute Gasteiger partial charge is 0.508 e. The van der Waals surface area contributed by atoms with Crippen LogP contribution < -0.4 is 20.4 Å². The van der Waals surface area contributed by atoms with Gasteiger partial charge in [0.15, 0.2) is 0 Å². The van der Waals surface area contributed by atoms with E-state index in [-0.39, 0.29) is 24.5 Å². The minimum Gasteiger partial charge on any atom is -0.508 e. The van der Waals surface area contributed by atoms with Crippen LogP contribution in [0, 0.1) is 5.92 Å². The van der Waals surface area contributed by atoms with Gasteiger partial charge in [-0.15, -0.1) is 0 Å². The number of amides is 4. The van der Waals surface area contributed by atoms with Crippen molar-refractivity contribution in [1.29, 1.82) is 0 Å². The van der Waals surface area contributed by atoms with Gasteiger partial charge in [-0.3, -0.25) is 29.4 Å². The number of phenolic OH excluding ortho intramolecular Hbond substituents is 1. The van der Waals surface area contributed by atoms with E-state index in [1.165, 1.54) is 22.4 Å². The Morgan fingerprint density at radius 2 is 1.41 bits per heavy atom. The molecule has 0 bridgehead atoms. The second-order valence-electron chi connectivity index (χ2n) is 15.5. The molecule has 2 atom stereocenters. The maximum atomic E-state index is 13.4. The number of nitrogens with one attached hydrogen (secondary N) is 2. The highest BCUT2D eigenvalue weighted by atomic mass is 16.3. The zero-order valence-corrected chi connectivity index (χ0v) is 31.9. The molecule has 0 saturated carbocycles. The average Bonchev–Trinajstić information content (AvgIpc) is 3.48. The highest BCUT2D eigenvalue weighted by Crippen LogP contribution is 2.37. The summed E-state index contributed by atoms with van der Waals surface area (Å²) in [5, 5.41) is 16.1. The number of rotatable bonds is 10. The van der Waals surface area contributed by atoms with E-state index >= 15 is 0 Å². The molecule has 3 N–H and O–H groups in total. The number of piperidine rings is 3. The van der Waals surface area contributed by atoms with Gasteiger partial charge >= 0.3 is 0 Å². The van der Waals surface area contributed by atoms with Crippen molar-refractivity contribution in [3.63, 3.8) is 0 Å². The summed E-state index contributed by atoms with van der Waals surface area (Å²) in [5.74, 6) is -1.08. The summed E-state index contributed by atoms with van der Waals surface area (Å²) in [4.78, 5) is 56.5. The summed E-state index contributed by atoms with van der Waals surface area (Å²) in [6, 6.07) is 31.8. The molecule has 1 unspecified atom stereocenters. The molecule has 4 heterocycles. The van der Waals surface area contributed by atoms with Crippen LogP contribution in [0.15, 0.2) is 97.1 Å². The van der Waals surface area contributed by atoms with Gasteiger partial charge in [0.25, 0.3) is 11.8 Å². The lowest BCUT2D eigenvalue weighted by Gasteiger charge is -2.37. The minimum absolute atomic E-state index is 0.0996. The number of carbonyl (C=O) groups excluding carboxylic acids is 4. The van der Waals surface area contributed by atoms with Crippen LogP contribution in [0.3, 0.4) is 0 Å². The van der Waals surface area contributed by atoms with E-state index in [1.54, 1.807) is 24.3 Å². The van der Waals surface area contributed by atoms with Gasteiger partial charge in [0.2, 0.25) is 11.8 Å². The van der Waals surface area contributed by atoms with Crippen molar-refractivity contribution in [2.75, 3.05) is 42.5 Å². The zero-order valence-electron chi connectivity index (χ0n) is 31.9. The molecule has 0 radical (unpaired) electrons. The number of allylic oxidation sites excluding steroid dienone is 1. The van der Waals surface area contributed by atoms with Crippen molar-refractivity contribution < 1.29 is 24.3 Å². The highest BCUT2D eigenvalue weighted by molar-refractivity contribution is 6.23. The van der Waals surface area contributed by atoms with Crippen LogP contribution in [-0.4, -0.2) is 78.4 Å². The second-order valence-corrected chi connectivity index (χ2v) is 15.5. The normalized spacial score (nSPS) is 20.9. The first-order valence-corrected chi connectivity index (χ1v) is 20.0. The lowest BCUT2D eigenvalue weighted by molar-refractivity contribution is -0.136. The lowest BCUT2D eigenvalue weighted by atomic mass is 9.88. The van der Waals surface area contributed by atoms with E-state index in [0.29, 0.717) is 23.1 Å². The molecule has 3 fully saturated rings. The van der Waals surface area contributed by atoms with Gasteiger partial charge in [-0.05, 0) is 121 Å². The molecule has 3 saturated heterocycles. The van der Waals surface area contributed by atoms with Crippen molar-refractivity contribution in [3.05, 3.63) is 125 Å². The molecule has 0 aliphatic carbocycles. The molecule has 10 heteroatoms. The van der Waals surface area contributed by atoms with Gasteiger partial charge in [0.1, 0.15) is 11.8 Å². The molecule has 0 aromatic heterocycles. The van der Waals surface area contributed by atoms with Crippen molar-refractivity contribution in [1.82, 2.24) is 15.5 Å². The number of carbonyl (C=O) groups is 4. The topological polar surface area (TPSA) is 122 Å². The van der Waals surface area contributed by atoms with Crippen LogP contribution in [0.25, 0.3) is 11.1 Å². The lowest BCUT2D eigenvalue weighted by Crippen LogP contribution is -2.54. The second kappa shape index (κ2) is 16.2. The molecule has 8 rings (SSSR count). The van der Waals surface area contributed by atoms with Gasteiger partial charge in [-0.2, -0.15) is 0 Å². The fraction of sp³-hybridized carbons (Fsp3) is 0.348. The van der Waals surface area contributed by atoms with E-state index < -0.39 is 23.8 Å². The summed E-state index contributed by atoms with van der Waals surface area (Å²) in [5.41, 5.74) is 8.68. The number of aromatic hydroxyl groups is 1. The molecule has 0 spiro atoms. The SMILES string of the molecule is CCC(=C(c1ccc(O)cc1)c1ccc(N2CCC(CN[C@H]3CCCN(c4ccc5c(c4)C(=O)N(C4CCC(=O)NC4=O)C5=O)C3)CC2)cc1)c1ccccc1. The standard InChI is InChI=1S/C46H49N5O5/c1-2-38(31-7-4-3-5-8-31)43(33-12-17-37(52)18-13-33)32-10-14-35(15-11-32)49-25-22-30(23-26-49)28-47-34-9-6-24-50(29-34)36-16-19-39-40(27-36)46(56)51(45(39)55)41-20-21-42(53)48-44(41)54/h3-5,7-8,10-19,27,30,34,41,47,52H,2,6,9,20-26,28-29H2,1H3,(H,48,53,54)/t34-,41?/m0/s1. The maximum absolute atomic E-state index is 13.4. The Labute approximate surface area is 328 Å². The van der Waals surface area contributed by atoms with E-state index in [4.69, 9.17) is 0 Å².